The molecule has 0 aliphatic carbocycles. The molecule has 2 fully saturated rings. The van der Waals surface area contributed by atoms with Crippen molar-refractivity contribution in [2.75, 3.05) is 45.8 Å². The quantitative estimate of drug-likeness (QED) is 0.697. The molecule has 6 nitrogen and oxygen atoms in total. The minimum Gasteiger partial charge on any atom is -0.373 e. The van der Waals surface area contributed by atoms with Crippen molar-refractivity contribution in [3.8, 4) is 6.07 Å². The van der Waals surface area contributed by atoms with Crippen molar-refractivity contribution in [3.63, 3.8) is 0 Å². The summed E-state index contributed by atoms with van der Waals surface area (Å²) in [5.74, 6) is 0.0369. The smallest absolute Gasteiger partial charge is 0.236 e. The summed E-state index contributed by atoms with van der Waals surface area (Å²) in [6.07, 6.45) is 2.88. The van der Waals surface area contributed by atoms with Gasteiger partial charge in [-0.15, -0.1) is 0 Å². The Hall–Kier alpha value is -1.16. The minimum absolute atomic E-state index is 0.116. The molecular formula is C19H34N4O2. The molecule has 0 aromatic heterocycles. The van der Waals surface area contributed by atoms with Gasteiger partial charge in [0, 0.05) is 38.8 Å². The van der Waals surface area contributed by atoms with E-state index < -0.39 is 0 Å². The first-order chi connectivity index (χ1) is 11.9. The lowest BCUT2D eigenvalue weighted by Gasteiger charge is -2.38. The topological polar surface area (TPSA) is 59.8 Å². The van der Waals surface area contributed by atoms with Crippen LogP contribution in [0.15, 0.2) is 0 Å². The fourth-order valence-corrected chi connectivity index (χ4v) is 4.09. The molecule has 2 heterocycles. The lowest BCUT2D eigenvalue weighted by atomic mass is 10.1. The van der Waals surface area contributed by atoms with Crippen molar-refractivity contribution < 1.29 is 9.53 Å². The van der Waals surface area contributed by atoms with Gasteiger partial charge in [0.1, 0.15) is 0 Å². The number of amides is 1. The third-order valence-electron chi connectivity index (χ3n) is 5.25. The number of carbonyl (C=O) groups is 1. The van der Waals surface area contributed by atoms with Crippen molar-refractivity contribution in [1.82, 2.24) is 14.7 Å². The second-order valence-corrected chi connectivity index (χ2v) is 7.70. The number of ether oxygens (including phenoxy) is 1. The van der Waals surface area contributed by atoms with E-state index in [4.69, 9.17) is 10.00 Å². The molecule has 2 rings (SSSR count). The van der Waals surface area contributed by atoms with Crippen molar-refractivity contribution in [1.29, 1.82) is 5.26 Å². The van der Waals surface area contributed by atoms with Gasteiger partial charge in [-0.05, 0) is 47.1 Å². The number of morpholine rings is 1. The Morgan fingerprint density at radius 2 is 2.04 bits per heavy atom. The fraction of sp³-hybridized carbons (Fsp3) is 0.895. The van der Waals surface area contributed by atoms with E-state index in [2.05, 4.69) is 29.7 Å². The molecule has 2 aliphatic heterocycles. The SMILES string of the molecule is CCN(CC(C)C#N)C(=O)CN1CCCC1CN1CC(C)OC(C)C1. The Kier molecular flexibility index (Phi) is 7.67. The zero-order valence-corrected chi connectivity index (χ0v) is 16.3. The van der Waals surface area contributed by atoms with Crippen LogP contribution in [0.3, 0.4) is 0 Å². The molecule has 0 radical (unpaired) electrons. The normalized spacial score (nSPS) is 29.3. The third-order valence-corrected chi connectivity index (χ3v) is 5.25. The molecule has 2 saturated heterocycles. The van der Waals surface area contributed by atoms with E-state index in [1.165, 1.54) is 0 Å². The van der Waals surface area contributed by atoms with E-state index in [9.17, 15) is 4.79 Å². The molecule has 2 aliphatic rings. The summed E-state index contributed by atoms with van der Waals surface area (Å²) < 4.78 is 5.82. The second kappa shape index (κ2) is 9.51. The van der Waals surface area contributed by atoms with Crippen LogP contribution in [0.5, 0.6) is 0 Å². The molecular weight excluding hydrogens is 316 g/mol. The molecule has 0 bridgehead atoms. The Balaban J connectivity index is 1.88. The summed E-state index contributed by atoms with van der Waals surface area (Å²) in [5.41, 5.74) is 0. The van der Waals surface area contributed by atoms with E-state index in [1.807, 2.05) is 18.7 Å². The van der Waals surface area contributed by atoms with E-state index in [-0.39, 0.29) is 24.0 Å². The Bertz CT molecular complexity index is 469. The zero-order valence-electron chi connectivity index (χ0n) is 16.3. The van der Waals surface area contributed by atoms with Crippen LogP contribution in [-0.4, -0.2) is 84.7 Å². The average molecular weight is 351 g/mol. The number of hydrogen-bond acceptors (Lipinski definition) is 5. The molecule has 4 atom stereocenters. The van der Waals surface area contributed by atoms with Crippen LogP contribution in [0.4, 0.5) is 0 Å². The molecule has 1 amide bonds. The third kappa shape index (κ3) is 5.95. The summed E-state index contributed by atoms with van der Waals surface area (Å²) >= 11 is 0. The van der Waals surface area contributed by atoms with Gasteiger partial charge in [-0.2, -0.15) is 5.26 Å². The Morgan fingerprint density at radius 3 is 2.64 bits per heavy atom. The van der Waals surface area contributed by atoms with E-state index >= 15 is 0 Å². The van der Waals surface area contributed by atoms with Crippen molar-refractivity contribution >= 4 is 5.91 Å². The van der Waals surface area contributed by atoms with E-state index in [0.29, 0.717) is 25.7 Å². The van der Waals surface area contributed by atoms with Gasteiger partial charge in [-0.25, -0.2) is 0 Å². The number of nitriles is 1. The van der Waals surface area contributed by atoms with Crippen LogP contribution >= 0.6 is 0 Å². The highest BCUT2D eigenvalue weighted by Gasteiger charge is 2.31. The van der Waals surface area contributed by atoms with E-state index in [1.54, 1.807) is 0 Å². The molecule has 0 saturated carbocycles. The minimum atomic E-state index is -0.116. The highest BCUT2D eigenvalue weighted by atomic mass is 16.5. The number of rotatable bonds is 7. The molecule has 6 heteroatoms. The average Bonchev–Trinajstić information content (AvgIpc) is 2.97. The van der Waals surface area contributed by atoms with Crippen molar-refractivity contribution in [2.45, 2.75) is 58.8 Å². The van der Waals surface area contributed by atoms with Crippen LogP contribution in [-0.2, 0) is 9.53 Å². The van der Waals surface area contributed by atoms with Gasteiger partial charge in [0.25, 0.3) is 0 Å². The predicted molar refractivity (Wildman–Crippen MR) is 98.1 cm³/mol. The monoisotopic (exact) mass is 350 g/mol. The van der Waals surface area contributed by atoms with Gasteiger partial charge < -0.3 is 9.64 Å². The first-order valence-electron chi connectivity index (χ1n) is 9.72. The van der Waals surface area contributed by atoms with Crippen LogP contribution < -0.4 is 0 Å². The number of hydrogen-bond donors (Lipinski definition) is 0. The first-order valence-corrected chi connectivity index (χ1v) is 9.72. The summed E-state index contributed by atoms with van der Waals surface area (Å²) in [5, 5.41) is 9.00. The van der Waals surface area contributed by atoms with E-state index in [0.717, 1.165) is 39.0 Å². The van der Waals surface area contributed by atoms with Gasteiger partial charge in [0.15, 0.2) is 0 Å². The van der Waals surface area contributed by atoms with Crippen molar-refractivity contribution in [2.24, 2.45) is 5.92 Å². The molecule has 0 spiro atoms. The van der Waals surface area contributed by atoms with Gasteiger partial charge in [-0.3, -0.25) is 14.6 Å². The highest BCUT2D eigenvalue weighted by molar-refractivity contribution is 5.78. The van der Waals surface area contributed by atoms with Crippen LogP contribution in [0.25, 0.3) is 0 Å². The second-order valence-electron chi connectivity index (χ2n) is 7.70. The summed E-state index contributed by atoms with van der Waals surface area (Å²) in [6.45, 7) is 13.8. The van der Waals surface area contributed by atoms with Gasteiger partial charge in [0.2, 0.25) is 5.91 Å². The summed E-state index contributed by atoms with van der Waals surface area (Å²) in [7, 11) is 0. The van der Waals surface area contributed by atoms with Crippen LogP contribution in [0, 0.1) is 17.2 Å². The summed E-state index contributed by atoms with van der Waals surface area (Å²) in [6, 6.07) is 2.68. The number of likely N-dealkylation sites (N-methyl/N-ethyl adjacent to an activating group) is 1. The highest BCUT2D eigenvalue weighted by Crippen LogP contribution is 2.20. The maximum Gasteiger partial charge on any atom is 0.236 e. The molecule has 142 valence electrons. The molecule has 0 aromatic carbocycles. The largest absolute Gasteiger partial charge is 0.373 e. The maximum absolute atomic E-state index is 12.7. The predicted octanol–water partition coefficient (Wildman–Crippen LogP) is 1.57. The maximum atomic E-state index is 12.7. The zero-order chi connectivity index (χ0) is 18.4. The van der Waals surface area contributed by atoms with Gasteiger partial charge in [-0.1, -0.05) is 0 Å². The Labute approximate surface area is 152 Å². The lowest BCUT2D eigenvalue weighted by Crippen LogP contribution is -2.51. The lowest BCUT2D eigenvalue weighted by molar-refractivity contribution is -0.133. The fourth-order valence-electron chi connectivity index (χ4n) is 4.09. The first kappa shape index (κ1) is 20.2. The standard InChI is InChI=1S/C19H34N4O2/c1-5-22(10-15(2)9-20)19(24)14-23-8-6-7-18(23)13-21-11-16(3)25-17(4)12-21/h15-18H,5-8,10-14H2,1-4H3. The Morgan fingerprint density at radius 1 is 1.36 bits per heavy atom. The molecule has 0 N–H and O–H groups in total. The number of nitrogens with zero attached hydrogens (tertiary/aromatic N) is 4. The van der Waals surface area contributed by atoms with Gasteiger partial charge in [0.05, 0.1) is 30.7 Å². The molecule has 0 aromatic rings. The molecule has 4 unspecified atom stereocenters. The van der Waals surface area contributed by atoms with Crippen molar-refractivity contribution in [3.05, 3.63) is 0 Å². The van der Waals surface area contributed by atoms with Crippen LogP contribution in [0.1, 0.15) is 40.5 Å². The number of likely N-dealkylation sites (tertiary alicyclic amines) is 1. The summed E-state index contributed by atoms with van der Waals surface area (Å²) in [4.78, 5) is 19.3. The van der Waals surface area contributed by atoms with Crippen LogP contribution in [0.2, 0.25) is 0 Å². The number of carbonyl (C=O) groups excluding carboxylic acids is 1. The molecule has 25 heavy (non-hydrogen) atoms. The van der Waals surface area contributed by atoms with Gasteiger partial charge >= 0.3 is 0 Å².